The molecule has 6 nitrogen and oxygen atoms in total. The van der Waals surface area contributed by atoms with Crippen molar-refractivity contribution >= 4 is 23.2 Å². The summed E-state index contributed by atoms with van der Waals surface area (Å²) < 4.78 is 23.4. The van der Waals surface area contributed by atoms with Crippen molar-refractivity contribution in [1.29, 1.82) is 0 Å². The van der Waals surface area contributed by atoms with Crippen molar-refractivity contribution in [1.82, 2.24) is 0 Å². The van der Waals surface area contributed by atoms with Crippen molar-refractivity contribution < 1.29 is 29.2 Å². The van der Waals surface area contributed by atoms with Crippen LogP contribution >= 0.6 is 23.2 Å². The number of hydrogen-bond donors (Lipinski definition) is 2. The molecule has 0 saturated carbocycles. The molecular formula is C20H20Cl2O6. The summed E-state index contributed by atoms with van der Waals surface area (Å²) in [5, 5.41) is 22.3. The number of aliphatic hydroxyl groups excluding tert-OH is 2. The maximum atomic E-state index is 10.8. The highest BCUT2D eigenvalue weighted by molar-refractivity contribution is 6.31. The molecular weight excluding hydrogens is 407 g/mol. The van der Waals surface area contributed by atoms with Crippen LogP contribution in [-0.2, 0) is 18.9 Å². The van der Waals surface area contributed by atoms with Crippen molar-refractivity contribution in [3.8, 4) is 0 Å². The fraction of sp³-hybridized carbons (Fsp3) is 0.400. The Morgan fingerprint density at radius 1 is 0.750 bits per heavy atom. The molecule has 0 aliphatic carbocycles. The Balaban J connectivity index is 1.61. The largest absolute Gasteiger partial charge is 0.388 e. The second kappa shape index (κ2) is 8.65. The van der Waals surface area contributed by atoms with E-state index in [-0.39, 0.29) is 13.2 Å². The molecule has 4 rings (SSSR count). The smallest absolute Gasteiger partial charge is 0.185 e. The molecule has 0 amide bonds. The van der Waals surface area contributed by atoms with Crippen LogP contribution in [0.25, 0.3) is 0 Å². The molecule has 6 atom stereocenters. The first-order chi connectivity index (χ1) is 13.5. The predicted octanol–water partition coefficient (Wildman–Crippen LogP) is 3.24. The molecule has 2 N–H and O–H groups in total. The summed E-state index contributed by atoms with van der Waals surface area (Å²) in [6.07, 6.45) is -5.71. The van der Waals surface area contributed by atoms with Crippen molar-refractivity contribution in [2.45, 2.75) is 37.0 Å². The number of ether oxygens (including phenoxy) is 4. The molecule has 2 aliphatic rings. The van der Waals surface area contributed by atoms with Crippen LogP contribution in [0, 0.1) is 0 Å². The second-order valence-corrected chi connectivity index (χ2v) is 7.52. The van der Waals surface area contributed by atoms with E-state index in [1.54, 1.807) is 36.4 Å². The molecule has 2 fully saturated rings. The maximum Gasteiger partial charge on any atom is 0.185 e. The highest BCUT2D eigenvalue weighted by Crippen LogP contribution is 2.36. The third-order valence-electron chi connectivity index (χ3n) is 4.82. The van der Waals surface area contributed by atoms with E-state index < -0.39 is 37.0 Å². The first kappa shape index (κ1) is 20.1. The van der Waals surface area contributed by atoms with E-state index in [9.17, 15) is 10.2 Å². The van der Waals surface area contributed by atoms with Gasteiger partial charge in [0.2, 0.25) is 0 Å². The first-order valence-electron chi connectivity index (χ1n) is 8.93. The summed E-state index contributed by atoms with van der Waals surface area (Å²) in [4.78, 5) is 0. The number of rotatable bonds is 2. The SMILES string of the molecule is O[C@@H]1[C@H]2OC(c3ccccc3Cl)OC[C@H]1OC(c1ccccc1Cl)OC[C@@H]2O. The molecule has 2 aromatic carbocycles. The van der Waals surface area contributed by atoms with Crippen LogP contribution < -0.4 is 0 Å². The van der Waals surface area contributed by atoms with E-state index in [1.807, 2.05) is 12.1 Å². The third kappa shape index (κ3) is 4.06. The van der Waals surface area contributed by atoms with Gasteiger partial charge in [0.05, 0.1) is 13.2 Å². The third-order valence-corrected chi connectivity index (χ3v) is 5.51. The Morgan fingerprint density at radius 3 is 1.89 bits per heavy atom. The quantitative estimate of drug-likeness (QED) is 0.767. The minimum absolute atomic E-state index is 0.0184. The van der Waals surface area contributed by atoms with E-state index in [0.717, 1.165) is 0 Å². The van der Waals surface area contributed by atoms with Gasteiger partial charge in [-0.3, -0.25) is 0 Å². The van der Waals surface area contributed by atoms with Gasteiger partial charge in [0.15, 0.2) is 12.6 Å². The van der Waals surface area contributed by atoms with Crippen LogP contribution in [0.2, 0.25) is 10.0 Å². The zero-order chi connectivity index (χ0) is 19.7. The lowest BCUT2D eigenvalue weighted by Crippen LogP contribution is -2.50. The van der Waals surface area contributed by atoms with E-state index in [4.69, 9.17) is 42.1 Å². The summed E-state index contributed by atoms with van der Waals surface area (Å²) in [5.41, 5.74) is 1.21. The van der Waals surface area contributed by atoms with Crippen LogP contribution in [0.4, 0.5) is 0 Å². The summed E-state index contributed by atoms with van der Waals surface area (Å²) in [7, 11) is 0. The topological polar surface area (TPSA) is 77.4 Å². The molecule has 2 saturated heterocycles. The Bertz CT molecular complexity index is 775. The molecule has 2 aliphatic heterocycles. The van der Waals surface area contributed by atoms with Crippen molar-refractivity contribution in [2.75, 3.05) is 13.2 Å². The molecule has 8 heteroatoms. The van der Waals surface area contributed by atoms with E-state index in [1.165, 1.54) is 0 Å². The van der Waals surface area contributed by atoms with Gasteiger partial charge in [-0.25, -0.2) is 0 Å². The minimum atomic E-state index is -1.13. The van der Waals surface area contributed by atoms with Crippen molar-refractivity contribution in [3.05, 3.63) is 69.7 Å². The van der Waals surface area contributed by atoms with Gasteiger partial charge in [-0.1, -0.05) is 59.6 Å². The minimum Gasteiger partial charge on any atom is -0.388 e. The van der Waals surface area contributed by atoms with E-state index in [2.05, 4.69) is 0 Å². The van der Waals surface area contributed by atoms with Crippen LogP contribution in [0.3, 0.4) is 0 Å². The molecule has 2 bridgehead atoms. The Kier molecular flexibility index (Phi) is 6.20. The highest BCUT2D eigenvalue weighted by Gasteiger charge is 2.44. The van der Waals surface area contributed by atoms with Crippen molar-refractivity contribution in [3.63, 3.8) is 0 Å². The number of aliphatic hydroxyl groups is 2. The average Bonchev–Trinajstić information content (AvgIpc) is 2.86. The molecule has 150 valence electrons. The maximum absolute atomic E-state index is 10.8. The lowest BCUT2D eigenvalue weighted by Gasteiger charge is -2.35. The van der Waals surface area contributed by atoms with Gasteiger partial charge in [-0.15, -0.1) is 0 Å². The predicted molar refractivity (Wildman–Crippen MR) is 102 cm³/mol. The Hall–Kier alpha value is -1.22. The molecule has 2 unspecified atom stereocenters. The lowest BCUT2D eigenvalue weighted by atomic mass is 10.0. The fourth-order valence-electron chi connectivity index (χ4n) is 3.33. The van der Waals surface area contributed by atoms with Crippen LogP contribution in [-0.4, -0.2) is 47.8 Å². The van der Waals surface area contributed by atoms with E-state index in [0.29, 0.717) is 21.2 Å². The molecule has 0 radical (unpaired) electrons. The van der Waals surface area contributed by atoms with Gasteiger partial charge in [-0.05, 0) is 12.1 Å². The number of hydrogen-bond acceptors (Lipinski definition) is 6. The molecule has 0 aromatic heterocycles. The van der Waals surface area contributed by atoms with Crippen LogP contribution in [0.5, 0.6) is 0 Å². The monoisotopic (exact) mass is 426 g/mol. The zero-order valence-electron chi connectivity index (χ0n) is 14.8. The van der Waals surface area contributed by atoms with Crippen molar-refractivity contribution in [2.24, 2.45) is 0 Å². The van der Waals surface area contributed by atoms with Gasteiger partial charge in [0, 0.05) is 21.2 Å². The number of benzene rings is 2. The molecule has 0 spiro atoms. The van der Waals surface area contributed by atoms with Gasteiger partial charge in [0.1, 0.15) is 24.4 Å². The van der Waals surface area contributed by atoms with Crippen LogP contribution in [0.15, 0.2) is 48.5 Å². The summed E-state index contributed by atoms with van der Waals surface area (Å²) in [5.74, 6) is 0. The Morgan fingerprint density at radius 2 is 1.29 bits per heavy atom. The van der Waals surface area contributed by atoms with E-state index >= 15 is 0 Å². The normalized spacial score (nSPS) is 33.6. The summed E-state index contributed by atoms with van der Waals surface area (Å²) >= 11 is 12.5. The lowest BCUT2D eigenvalue weighted by molar-refractivity contribution is -0.252. The van der Waals surface area contributed by atoms with Gasteiger partial charge < -0.3 is 29.2 Å². The molecule has 2 heterocycles. The second-order valence-electron chi connectivity index (χ2n) is 6.71. The molecule has 28 heavy (non-hydrogen) atoms. The molecule has 2 aromatic rings. The standard InChI is InChI=1S/C20H20Cl2O6/c21-13-7-3-1-5-11(13)19-25-9-15(23)18-17(24)16(27-19)10-26-20(28-18)12-6-2-4-8-14(12)22/h1-8,15-20,23-24H,9-10H2/t15-,16+,17-,18-,19?,20?/m0/s1. The zero-order valence-corrected chi connectivity index (χ0v) is 16.3. The first-order valence-corrected chi connectivity index (χ1v) is 9.69. The Labute approximate surface area is 172 Å². The van der Waals surface area contributed by atoms with Crippen LogP contribution in [0.1, 0.15) is 23.7 Å². The van der Waals surface area contributed by atoms with Gasteiger partial charge in [0.25, 0.3) is 0 Å². The number of fused-ring (bicyclic) bond motifs is 2. The summed E-state index contributed by atoms with van der Waals surface area (Å²) in [6, 6.07) is 14.2. The van der Waals surface area contributed by atoms with Gasteiger partial charge in [-0.2, -0.15) is 0 Å². The highest BCUT2D eigenvalue weighted by atomic mass is 35.5. The fourth-order valence-corrected chi connectivity index (χ4v) is 3.78. The number of halogens is 2. The van der Waals surface area contributed by atoms with Gasteiger partial charge >= 0.3 is 0 Å². The summed E-state index contributed by atoms with van der Waals surface area (Å²) in [6.45, 7) is -0.0931. The average molecular weight is 427 g/mol.